The summed E-state index contributed by atoms with van der Waals surface area (Å²) < 4.78 is 44.2. The lowest BCUT2D eigenvalue weighted by atomic mass is 10.1. The van der Waals surface area contributed by atoms with Crippen molar-refractivity contribution in [3.05, 3.63) is 36.2 Å². The van der Waals surface area contributed by atoms with Gasteiger partial charge in [-0.05, 0) is 19.1 Å². The average molecular weight is 328 g/mol. The van der Waals surface area contributed by atoms with Gasteiger partial charge in [0.15, 0.2) is 5.78 Å². The maximum Gasteiger partial charge on any atom is 0.471 e. The normalized spacial score (nSPS) is 13.0. The Kier molecular flexibility index (Phi) is 4.35. The van der Waals surface area contributed by atoms with Crippen LogP contribution in [0.2, 0.25) is 0 Å². The average Bonchev–Trinajstić information content (AvgIpc) is 2.93. The van der Waals surface area contributed by atoms with Crippen LogP contribution in [0.25, 0.3) is 5.52 Å². The van der Waals surface area contributed by atoms with Gasteiger partial charge in [0.05, 0.1) is 18.7 Å². The van der Waals surface area contributed by atoms with Crippen molar-refractivity contribution in [2.24, 2.45) is 0 Å². The minimum Gasteiger partial charge on any atom is -0.497 e. The standard InChI is InChI=1S/C15H15F3N2O3/c1-9(19(2)14(22)15(16,17)18)13(21)11-5-7-20-6-4-10(23-3)8-12(11)20/h4-9H,1-3H3. The number of ether oxygens (including phenoxy) is 1. The van der Waals surface area contributed by atoms with E-state index in [0.29, 0.717) is 16.2 Å². The van der Waals surface area contributed by atoms with Crippen molar-refractivity contribution in [2.75, 3.05) is 14.2 Å². The maximum atomic E-state index is 12.5. The van der Waals surface area contributed by atoms with E-state index in [4.69, 9.17) is 4.74 Å². The molecule has 2 heterocycles. The fourth-order valence-electron chi connectivity index (χ4n) is 2.19. The Morgan fingerprint density at radius 2 is 1.87 bits per heavy atom. The van der Waals surface area contributed by atoms with Gasteiger partial charge < -0.3 is 14.0 Å². The van der Waals surface area contributed by atoms with Crippen LogP contribution in [-0.4, -0.2) is 47.4 Å². The zero-order valence-corrected chi connectivity index (χ0v) is 12.7. The molecule has 5 nitrogen and oxygen atoms in total. The molecule has 1 atom stereocenters. The highest BCUT2D eigenvalue weighted by Crippen LogP contribution is 2.23. The molecule has 0 saturated heterocycles. The lowest BCUT2D eigenvalue weighted by Crippen LogP contribution is -2.46. The third kappa shape index (κ3) is 3.15. The number of hydrogen-bond donors (Lipinski definition) is 0. The largest absolute Gasteiger partial charge is 0.497 e. The number of pyridine rings is 1. The molecule has 8 heteroatoms. The van der Waals surface area contributed by atoms with Crippen LogP contribution in [-0.2, 0) is 4.79 Å². The molecule has 0 aliphatic rings. The third-order valence-electron chi connectivity index (χ3n) is 3.66. The van der Waals surface area contributed by atoms with Crippen LogP contribution in [0.15, 0.2) is 30.6 Å². The highest BCUT2D eigenvalue weighted by Gasteiger charge is 2.43. The molecule has 0 bridgehead atoms. The smallest absolute Gasteiger partial charge is 0.471 e. The Balaban J connectivity index is 2.35. The minimum absolute atomic E-state index is 0.221. The molecule has 2 aromatic rings. The number of aromatic nitrogens is 1. The van der Waals surface area contributed by atoms with E-state index in [0.717, 1.165) is 7.05 Å². The topological polar surface area (TPSA) is 51.0 Å². The predicted molar refractivity (Wildman–Crippen MR) is 76.6 cm³/mol. The van der Waals surface area contributed by atoms with E-state index in [1.54, 1.807) is 28.9 Å². The van der Waals surface area contributed by atoms with Crippen molar-refractivity contribution in [2.45, 2.75) is 19.1 Å². The second-order valence-electron chi connectivity index (χ2n) is 5.04. The van der Waals surface area contributed by atoms with Crippen LogP contribution in [0.4, 0.5) is 13.2 Å². The number of amides is 1. The van der Waals surface area contributed by atoms with E-state index in [9.17, 15) is 22.8 Å². The Hall–Kier alpha value is -2.51. The van der Waals surface area contributed by atoms with E-state index in [1.165, 1.54) is 20.1 Å². The van der Waals surface area contributed by atoms with Gasteiger partial charge >= 0.3 is 12.1 Å². The molecule has 0 saturated carbocycles. The van der Waals surface area contributed by atoms with Gasteiger partial charge in [0.2, 0.25) is 0 Å². The van der Waals surface area contributed by atoms with Crippen LogP contribution in [0.5, 0.6) is 5.75 Å². The summed E-state index contributed by atoms with van der Waals surface area (Å²) in [5, 5.41) is 0. The molecule has 23 heavy (non-hydrogen) atoms. The Bertz CT molecular complexity index is 752. The first-order chi connectivity index (χ1) is 10.7. The summed E-state index contributed by atoms with van der Waals surface area (Å²) in [7, 11) is 2.42. The summed E-state index contributed by atoms with van der Waals surface area (Å²) in [4.78, 5) is 24.1. The number of nitrogens with zero attached hydrogens (tertiary/aromatic N) is 2. The summed E-state index contributed by atoms with van der Waals surface area (Å²) >= 11 is 0. The van der Waals surface area contributed by atoms with Crippen molar-refractivity contribution in [1.82, 2.24) is 9.30 Å². The number of methoxy groups -OCH3 is 1. The van der Waals surface area contributed by atoms with Crippen LogP contribution >= 0.6 is 0 Å². The van der Waals surface area contributed by atoms with Gasteiger partial charge in [0.25, 0.3) is 0 Å². The summed E-state index contributed by atoms with van der Waals surface area (Å²) in [6, 6.07) is 3.54. The molecule has 1 amide bonds. The molecule has 1 unspecified atom stereocenters. The van der Waals surface area contributed by atoms with E-state index < -0.39 is 23.9 Å². The van der Waals surface area contributed by atoms with Crippen LogP contribution in [0.3, 0.4) is 0 Å². The first-order valence-electron chi connectivity index (χ1n) is 6.69. The number of hydrogen-bond acceptors (Lipinski definition) is 3. The number of fused-ring (bicyclic) bond motifs is 1. The van der Waals surface area contributed by atoms with E-state index in [2.05, 4.69) is 0 Å². The van der Waals surface area contributed by atoms with E-state index in [-0.39, 0.29) is 5.56 Å². The zero-order chi connectivity index (χ0) is 17.4. The van der Waals surface area contributed by atoms with Crippen molar-refractivity contribution in [3.8, 4) is 5.75 Å². The second-order valence-corrected chi connectivity index (χ2v) is 5.04. The Morgan fingerprint density at radius 1 is 1.26 bits per heavy atom. The first-order valence-corrected chi connectivity index (χ1v) is 6.69. The van der Waals surface area contributed by atoms with Crippen molar-refractivity contribution >= 4 is 17.2 Å². The lowest BCUT2D eigenvalue weighted by molar-refractivity contribution is -0.185. The fourth-order valence-corrected chi connectivity index (χ4v) is 2.19. The molecule has 0 radical (unpaired) electrons. The molecule has 0 fully saturated rings. The molecular weight excluding hydrogens is 313 g/mol. The van der Waals surface area contributed by atoms with Gasteiger partial charge in [-0.25, -0.2) is 0 Å². The van der Waals surface area contributed by atoms with Gasteiger partial charge in [-0.2, -0.15) is 13.2 Å². The number of carbonyl (C=O) groups excluding carboxylic acids is 2. The summed E-state index contributed by atoms with van der Waals surface area (Å²) in [6.45, 7) is 1.26. The van der Waals surface area contributed by atoms with Gasteiger partial charge in [-0.3, -0.25) is 9.59 Å². The Morgan fingerprint density at radius 3 is 2.43 bits per heavy atom. The molecule has 0 aliphatic heterocycles. The number of ketones is 1. The monoisotopic (exact) mass is 328 g/mol. The molecular formula is C15H15F3N2O3. The van der Waals surface area contributed by atoms with Gasteiger partial charge in [0, 0.05) is 31.1 Å². The van der Waals surface area contributed by atoms with Crippen LogP contribution in [0.1, 0.15) is 17.3 Å². The Labute approximate surface area is 130 Å². The fraction of sp³-hybridized carbons (Fsp3) is 0.333. The van der Waals surface area contributed by atoms with E-state index >= 15 is 0 Å². The molecule has 2 rings (SSSR count). The molecule has 2 aromatic heterocycles. The van der Waals surface area contributed by atoms with Gasteiger partial charge in [-0.15, -0.1) is 0 Å². The van der Waals surface area contributed by atoms with Crippen molar-refractivity contribution < 1.29 is 27.5 Å². The number of Topliss-reactive ketones (excluding diaryl/α,β-unsaturated/α-hetero) is 1. The highest BCUT2D eigenvalue weighted by molar-refractivity contribution is 6.07. The van der Waals surface area contributed by atoms with Crippen LogP contribution in [0, 0.1) is 0 Å². The minimum atomic E-state index is -5.02. The van der Waals surface area contributed by atoms with Crippen molar-refractivity contribution in [1.29, 1.82) is 0 Å². The van der Waals surface area contributed by atoms with E-state index in [1.807, 2.05) is 0 Å². The molecule has 0 N–H and O–H groups in total. The summed E-state index contributed by atoms with van der Waals surface area (Å²) in [5.41, 5.74) is 0.715. The van der Waals surface area contributed by atoms with Crippen molar-refractivity contribution in [3.63, 3.8) is 0 Å². The molecule has 0 spiro atoms. The maximum absolute atomic E-state index is 12.5. The number of alkyl halides is 3. The highest BCUT2D eigenvalue weighted by atomic mass is 19.4. The van der Waals surface area contributed by atoms with Crippen LogP contribution < -0.4 is 4.74 Å². The molecule has 0 aromatic carbocycles. The number of halogens is 3. The first kappa shape index (κ1) is 16.9. The molecule has 0 aliphatic carbocycles. The SMILES string of the molecule is COc1ccn2ccc(C(=O)C(C)N(C)C(=O)C(F)(F)F)c2c1. The van der Waals surface area contributed by atoms with Gasteiger partial charge in [-0.1, -0.05) is 0 Å². The number of rotatable bonds is 4. The lowest BCUT2D eigenvalue weighted by Gasteiger charge is -2.24. The quantitative estimate of drug-likeness (QED) is 0.811. The second kappa shape index (κ2) is 5.94. The number of likely N-dealkylation sites (N-methyl/N-ethyl adjacent to an activating group) is 1. The molecule has 124 valence electrons. The summed E-state index contributed by atoms with van der Waals surface area (Å²) in [5.74, 6) is -2.13. The third-order valence-corrected chi connectivity index (χ3v) is 3.66. The number of carbonyl (C=O) groups is 2. The van der Waals surface area contributed by atoms with Gasteiger partial charge in [0.1, 0.15) is 5.75 Å². The zero-order valence-electron chi connectivity index (χ0n) is 12.7. The predicted octanol–water partition coefficient (Wildman–Crippen LogP) is 2.54. The summed E-state index contributed by atoms with van der Waals surface area (Å²) in [6.07, 6.45) is -1.74.